The number of aryl methyl sites for hydroxylation is 1. The number of rotatable bonds is 4. The van der Waals surface area contributed by atoms with Gasteiger partial charge in [-0.1, -0.05) is 0 Å². The molecule has 1 aromatic rings. The lowest BCUT2D eigenvalue weighted by Gasteiger charge is -2.10. The van der Waals surface area contributed by atoms with E-state index >= 15 is 0 Å². The summed E-state index contributed by atoms with van der Waals surface area (Å²) in [5.74, 6) is 0. The van der Waals surface area contributed by atoms with Crippen molar-refractivity contribution in [3.8, 4) is 0 Å². The summed E-state index contributed by atoms with van der Waals surface area (Å²) in [6.07, 6.45) is -0.538. The summed E-state index contributed by atoms with van der Waals surface area (Å²) in [4.78, 5) is 15.4. The average Bonchev–Trinajstić information content (AvgIpc) is 2.61. The molecule has 0 aromatic carbocycles. The van der Waals surface area contributed by atoms with Crippen LogP contribution in [0.25, 0.3) is 0 Å². The van der Waals surface area contributed by atoms with Crippen LogP contribution < -0.4 is 5.32 Å². The molecule has 84 valence electrons. The van der Waals surface area contributed by atoms with Crippen LogP contribution in [0.5, 0.6) is 0 Å². The maximum atomic E-state index is 11.1. The third-order valence-electron chi connectivity index (χ3n) is 1.67. The number of alkyl carbamates (subject to hydrolysis) is 1. The molecule has 0 saturated heterocycles. The van der Waals surface area contributed by atoms with Gasteiger partial charge in [0.05, 0.1) is 12.6 Å². The number of aliphatic hydroxyl groups is 1. The molecule has 0 fully saturated rings. The van der Waals surface area contributed by atoms with Gasteiger partial charge in [0.2, 0.25) is 0 Å². The Morgan fingerprint density at radius 1 is 1.80 bits per heavy atom. The molecule has 1 heterocycles. The number of thiazole rings is 1. The Kier molecular flexibility index (Phi) is 4.51. The van der Waals surface area contributed by atoms with Crippen LogP contribution in [0, 0.1) is 6.92 Å². The zero-order valence-corrected chi connectivity index (χ0v) is 9.50. The van der Waals surface area contributed by atoms with E-state index in [4.69, 9.17) is 5.11 Å². The number of aliphatic hydroxyl groups excluding tert-OH is 1. The molecule has 5 nitrogen and oxygen atoms in total. The molecule has 0 aliphatic carbocycles. The molecule has 0 saturated carbocycles. The Morgan fingerprint density at radius 3 is 3.07 bits per heavy atom. The summed E-state index contributed by atoms with van der Waals surface area (Å²) in [6.45, 7) is 3.57. The summed E-state index contributed by atoms with van der Waals surface area (Å²) < 4.78 is 4.67. The summed E-state index contributed by atoms with van der Waals surface area (Å²) in [7, 11) is 0. The Morgan fingerprint density at radius 2 is 2.53 bits per heavy atom. The predicted molar refractivity (Wildman–Crippen MR) is 56.8 cm³/mol. The van der Waals surface area contributed by atoms with Gasteiger partial charge in [0, 0.05) is 11.1 Å². The van der Waals surface area contributed by atoms with Crippen molar-refractivity contribution in [1.82, 2.24) is 10.3 Å². The van der Waals surface area contributed by atoms with E-state index in [0.29, 0.717) is 0 Å². The van der Waals surface area contributed by atoms with E-state index in [1.165, 1.54) is 11.3 Å². The van der Waals surface area contributed by atoms with Gasteiger partial charge in [0.1, 0.15) is 11.6 Å². The van der Waals surface area contributed by atoms with Crippen molar-refractivity contribution in [2.75, 3.05) is 13.2 Å². The van der Waals surface area contributed by atoms with E-state index in [-0.39, 0.29) is 19.3 Å². The van der Waals surface area contributed by atoms with Gasteiger partial charge in [-0.3, -0.25) is 0 Å². The second-order valence-corrected chi connectivity index (χ2v) is 3.94. The fourth-order valence-electron chi connectivity index (χ4n) is 0.990. The van der Waals surface area contributed by atoms with Crippen molar-refractivity contribution in [2.45, 2.75) is 19.9 Å². The first-order chi connectivity index (χ1) is 7.13. The van der Waals surface area contributed by atoms with Gasteiger partial charge in [0.25, 0.3) is 0 Å². The van der Waals surface area contributed by atoms with Gasteiger partial charge in [-0.05, 0) is 13.8 Å². The maximum Gasteiger partial charge on any atom is 0.407 e. The largest absolute Gasteiger partial charge is 0.447 e. The van der Waals surface area contributed by atoms with Gasteiger partial charge in [-0.25, -0.2) is 9.78 Å². The molecule has 1 aromatic heterocycles. The highest BCUT2D eigenvalue weighted by atomic mass is 32.1. The molecule has 15 heavy (non-hydrogen) atoms. The summed E-state index contributed by atoms with van der Waals surface area (Å²) in [5, 5.41) is 13.8. The van der Waals surface area contributed by atoms with E-state index in [1.807, 2.05) is 19.2 Å². The summed E-state index contributed by atoms with van der Waals surface area (Å²) >= 11 is 1.49. The molecule has 0 aliphatic rings. The van der Waals surface area contributed by atoms with E-state index in [2.05, 4.69) is 15.0 Å². The van der Waals surface area contributed by atoms with Crippen molar-refractivity contribution in [3.05, 3.63) is 16.1 Å². The van der Waals surface area contributed by atoms with Crippen LogP contribution in [0.1, 0.15) is 23.7 Å². The average molecular weight is 230 g/mol. The molecule has 2 N–H and O–H groups in total. The molecule has 0 aliphatic heterocycles. The monoisotopic (exact) mass is 230 g/mol. The Balaban J connectivity index is 2.41. The zero-order valence-electron chi connectivity index (χ0n) is 8.69. The lowest BCUT2D eigenvalue weighted by molar-refractivity contribution is 0.116. The molecule has 6 heteroatoms. The molecule has 0 spiro atoms. The van der Waals surface area contributed by atoms with Crippen molar-refractivity contribution in [2.24, 2.45) is 0 Å². The number of nitrogens with zero attached hydrogens (tertiary/aromatic N) is 1. The fourth-order valence-corrected chi connectivity index (χ4v) is 1.79. The minimum atomic E-state index is -0.538. The first-order valence-electron chi connectivity index (χ1n) is 4.59. The number of aromatic nitrogens is 1. The van der Waals surface area contributed by atoms with Crippen LogP contribution >= 0.6 is 11.3 Å². The fraction of sp³-hybridized carbons (Fsp3) is 0.556. The number of hydrogen-bond acceptors (Lipinski definition) is 5. The van der Waals surface area contributed by atoms with Gasteiger partial charge in [-0.15, -0.1) is 11.3 Å². The van der Waals surface area contributed by atoms with Gasteiger partial charge >= 0.3 is 6.09 Å². The quantitative estimate of drug-likeness (QED) is 0.816. The first-order valence-corrected chi connectivity index (χ1v) is 5.47. The van der Waals surface area contributed by atoms with E-state index < -0.39 is 6.09 Å². The van der Waals surface area contributed by atoms with Crippen LogP contribution in [-0.4, -0.2) is 29.4 Å². The number of carbonyl (C=O) groups is 1. The van der Waals surface area contributed by atoms with E-state index in [0.717, 1.165) is 10.7 Å². The predicted octanol–water partition coefficient (Wildman–Crippen LogP) is 1.23. The Labute approximate surface area is 92.1 Å². The van der Waals surface area contributed by atoms with Crippen molar-refractivity contribution in [1.29, 1.82) is 0 Å². The lowest BCUT2D eigenvalue weighted by atomic mass is 10.3. The number of hydrogen-bond donors (Lipinski definition) is 2. The Bertz CT molecular complexity index is 327. The van der Waals surface area contributed by atoms with Gasteiger partial charge in [0.15, 0.2) is 0 Å². The second kappa shape index (κ2) is 5.67. The summed E-state index contributed by atoms with van der Waals surface area (Å²) in [6, 6.07) is -0.171. The normalized spacial score (nSPS) is 12.2. The number of nitrogens with one attached hydrogen (secondary N) is 1. The number of amides is 1. The maximum absolute atomic E-state index is 11.1. The van der Waals surface area contributed by atoms with Crippen LogP contribution in [0.3, 0.4) is 0 Å². The van der Waals surface area contributed by atoms with Gasteiger partial charge in [-0.2, -0.15) is 0 Å². The van der Waals surface area contributed by atoms with Crippen molar-refractivity contribution in [3.63, 3.8) is 0 Å². The smallest absolute Gasteiger partial charge is 0.407 e. The topological polar surface area (TPSA) is 71.5 Å². The van der Waals surface area contributed by atoms with E-state index in [9.17, 15) is 4.79 Å². The minimum absolute atomic E-state index is 0.00938. The molecule has 0 bridgehead atoms. The van der Waals surface area contributed by atoms with Crippen LogP contribution in [-0.2, 0) is 4.74 Å². The minimum Gasteiger partial charge on any atom is -0.447 e. The standard InChI is InChI=1S/C9H14N2O3S/c1-6-5-15-8(10-6)7(2)11-9(13)14-4-3-12/h5,7,12H,3-4H2,1-2H3,(H,11,13). The van der Waals surface area contributed by atoms with E-state index in [1.54, 1.807) is 0 Å². The SMILES string of the molecule is Cc1csc(C(C)NC(=O)OCCO)n1. The molecule has 1 atom stereocenters. The highest BCUT2D eigenvalue weighted by Gasteiger charge is 2.12. The number of carbonyl (C=O) groups excluding carboxylic acids is 1. The third kappa shape index (κ3) is 3.85. The highest BCUT2D eigenvalue weighted by molar-refractivity contribution is 7.09. The van der Waals surface area contributed by atoms with Crippen LogP contribution in [0.15, 0.2) is 5.38 Å². The molecular weight excluding hydrogens is 216 g/mol. The molecule has 1 amide bonds. The molecule has 1 rings (SSSR count). The Hall–Kier alpha value is -1.14. The van der Waals surface area contributed by atoms with Crippen LogP contribution in [0.2, 0.25) is 0 Å². The molecular formula is C9H14N2O3S. The van der Waals surface area contributed by atoms with Crippen molar-refractivity contribution >= 4 is 17.4 Å². The lowest BCUT2D eigenvalue weighted by Crippen LogP contribution is -2.28. The zero-order chi connectivity index (χ0) is 11.3. The number of ether oxygens (including phenoxy) is 1. The second-order valence-electron chi connectivity index (χ2n) is 3.05. The van der Waals surface area contributed by atoms with Crippen molar-refractivity contribution < 1.29 is 14.6 Å². The summed E-state index contributed by atoms with van der Waals surface area (Å²) in [5.41, 5.74) is 0.937. The van der Waals surface area contributed by atoms with Crippen LogP contribution in [0.4, 0.5) is 4.79 Å². The third-order valence-corrected chi connectivity index (χ3v) is 2.81. The van der Waals surface area contributed by atoms with Gasteiger partial charge < -0.3 is 15.2 Å². The molecule has 1 unspecified atom stereocenters. The molecule has 0 radical (unpaired) electrons. The first kappa shape index (κ1) is 11.9. The highest BCUT2D eigenvalue weighted by Crippen LogP contribution is 2.17.